The van der Waals surface area contributed by atoms with E-state index in [1.54, 1.807) is 25.1 Å². The maximum Gasteiger partial charge on any atom is 0.185 e. The lowest BCUT2D eigenvalue weighted by atomic mass is 9.72. The largest absolute Gasteiger partial charge is 0.392 e. The van der Waals surface area contributed by atoms with Gasteiger partial charge in [0, 0.05) is 0 Å². The third-order valence-corrected chi connectivity index (χ3v) is 8.60. The van der Waals surface area contributed by atoms with Gasteiger partial charge in [0.05, 0.1) is 16.8 Å². The molecule has 0 saturated heterocycles. The quantitative estimate of drug-likeness (QED) is 0.369. The van der Waals surface area contributed by atoms with Gasteiger partial charge in [0.1, 0.15) is 0 Å². The second-order valence-electron chi connectivity index (χ2n) is 9.43. The van der Waals surface area contributed by atoms with Gasteiger partial charge >= 0.3 is 0 Å². The topological polar surface area (TPSA) is 54.4 Å². The van der Waals surface area contributed by atoms with Gasteiger partial charge in [-0.05, 0) is 76.5 Å². The summed E-state index contributed by atoms with van der Waals surface area (Å²) in [7, 11) is -3.56. The molecule has 1 aliphatic rings. The Morgan fingerprint density at radius 2 is 1.77 bits per heavy atom. The lowest BCUT2D eigenvalue weighted by Crippen LogP contribution is -2.23. The van der Waals surface area contributed by atoms with Gasteiger partial charge in [-0.1, -0.05) is 72.6 Å². The second-order valence-corrected chi connectivity index (χ2v) is 11.6. The maximum absolute atomic E-state index is 13.3. The highest BCUT2D eigenvalue weighted by atomic mass is 32.2. The fraction of sp³-hybridized carbons (Fsp3) is 0.481. The van der Waals surface area contributed by atoms with Crippen LogP contribution in [-0.2, 0) is 9.84 Å². The van der Waals surface area contributed by atoms with E-state index in [1.165, 1.54) is 24.0 Å². The fourth-order valence-electron chi connectivity index (χ4n) is 4.31. The van der Waals surface area contributed by atoms with E-state index < -0.39 is 15.1 Å². The molecule has 1 unspecified atom stereocenters. The van der Waals surface area contributed by atoms with Gasteiger partial charge in [-0.2, -0.15) is 0 Å². The van der Waals surface area contributed by atoms with Crippen molar-refractivity contribution >= 4 is 9.84 Å². The van der Waals surface area contributed by atoms with Crippen molar-refractivity contribution in [3.63, 3.8) is 0 Å². The summed E-state index contributed by atoms with van der Waals surface area (Å²) >= 11 is 0. The number of aliphatic hydroxyl groups is 1. The molecule has 0 spiro atoms. The Morgan fingerprint density at radius 3 is 2.35 bits per heavy atom. The Kier molecular flexibility index (Phi) is 8.67. The molecule has 0 saturated carbocycles. The van der Waals surface area contributed by atoms with Crippen molar-refractivity contribution in [1.82, 2.24) is 0 Å². The van der Waals surface area contributed by atoms with E-state index in [4.69, 9.17) is 0 Å². The molecule has 0 aliphatic heterocycles. The predicted molar refractivity (Wildman–Crippen MR) is 131 cm³/mol. The molecule has 4 heteroatoms. The summed E-state index contributed by atoms with van der Waals surface area (Å²) < 4.78 is 26.7. The molecule has 1 atom stereocenters. The van der Waals surface area contributed by atoms with Crippen molar-refractivity contribution in [2.24, 2.45) is 5.41 Å². The van der Waals surface area contributed by atoms with Crippen LogP contribution >= 0.6 is 0 Å². The van der Waals surface area contributed by atoms with Crippen molar-refractivity contribution in [3.8, 4) is 0 Å². The summed E-state index contributed by atoms with van der Waals surface area (Å²) in [5.74, 6) is 0. The van der Waals surface area contributed by atoms with Gasteiger partial charge in [0.2, 0.25) is 0 Å². The minimum Gasteiger partial charge on any atom is -0.392 e. The third-order valence-electron chi connectivity index (χ3n) is 6.35. The zero-order valence-corrected chi connectivity index (χ0v) is 20.7. The highest BCUT2D eigenvalue weighted by molar-refractivity contribution is 7.92. The van der Waals surface area contributed by atoms with Gasteiger partial charge in [0.15, 0.2) is 9.84 Å². The Hall–Kier alpha value is -1.91. The van der Waals surface area contributed by atoms with E-state index in [2.05, 4.69) is 32.9 Å². The third kappa shape index (κ3) is 6.54. The van der Waals surface area contributed by atoms with Crippen molar-refractivity contribution in [2.75, 3.05) is 6.61 Å². The molecule has 0 bridgehead atoms. The molecule has 3 nitrogen and oxygen atoms in total. The lowest BCUT2D eigenvalue weighted by Gasteiger charge is -2.33. The highest BCUT2D eigenvalue weighted by Crippen LogP contribution is 2.40. The molecule has 1 aliphatic carbocycles. The molecule has 31 heavy (non-hydrogen) atoms. The van der Waals surface area contributed by atoms with Crippen LogP contribution in [0.2, 0.25) is 0 Å². The number of hydrogen-bond acceptors (Lipinski definition) is 3. The number of aliphatic hydroxyl groups excluding tert-OH is 1. The molecule has 0 aromatic heterocycles. The van der Waals surface area contributed by atoms with E-state index in [0.717, 1.165) is 17.6 Å². The number of aryl methyl sites for hydroxylation is 1. The van der Waals surface area contributed by atoms with Gasteiger partial charge in [0.25, 0.3) is 0 Å². The number of sulfone groups is 1. The average Bonchev–Trinajstić information content (AvgIpc) is 2.67. The molecule has 0 heterocycles. The van der Waals surface area contributed by atoms with Crippen LogP contribution in [0, 0.1) is 12.3 Å². The number of hydrogen-bond donors (Lipinski definition) is 1. The van der Waals surface area contributed by atoms with Gasteiger partial charge in [-0.3, -0.25) is 0 Å². The summed E-state index contributed by atoms with van der Waals surface area (Å²) in [6.45, 7) is 12.4. The minimum atomic E-state index is -3.56. The first-order chi connectivity index (χ1) is 14.5. The van der Waals surface area contributed by atoms with E-state index in [0.29, 0.717) is 16.9 Å². The Balaban J connectivity index is 2.30. The molecule has 0 amide bonds. The Bertz CT molecular complexity index is 987. The molecule has 0 radical (unpaired) electrons. The molecular formula is C27H38O3S. The first-order valence-electron chi connectivity index (χ1n) is 11.1. The molecular weight excluding hydrogens is 404 g/mol. The summed E-state index contributed by atoms with van der Waals surface area (Å²) in [6, 6.07) is 6.98. The monoisotopic (exact) mass is 442 g/mol. The number of allylic oxidation sites excluding steroid dienone is 6. The van der Waals surface area contributed by atoms with Crippen LogP contribution in [0.4, 0.5) is 0 Å². The van der Waals surface area contributed by atoms with Gasteiger partial charge in [-0.15, -0.1) is 0 Å². The molecule has 0 fully saturated rings. The van der Waals surface area contributed by atoms with Crippen LogP contribution < -0.4 is 0 Å². The molecule has 1 aromatic carbocycles. The maximum atomic E-state index is 13.3. The van der Waals surface area contributed by atoms with Gasteiger partial charge < -0.3 is 5.11 Å². The Morgan fingerprint density at radius 1 is 1.13 bits per heavy atom. The number of rotatable bonds is 8. The fourth-order valence-corrected chi connectivity index (χ4v) is 6.09. The zero-order chi connectivity index (χ0) is 23.2. The van der Waals surface area contributed by atoms with Crippen LogP contribution in [-0.4, -0.2) is 25.4 Å². The summed E-state index contributed by atoms with van der Waals surface area (Å²) in [6.07, 6.45) is 11.8. The summed E-state index contributed by atoms with van der Waals surface area (Å²) in [5.41, 5.74) is 5.75. The smallest absolute Gasteiger partial charge is 0.185 e. The minimum absolute atomic E-state index is 0.170. The molecule has 2 rings (SSSR count). The normalized spacial score (nSPS) is 19.2. The van der Waals surface area contributed by atoms with Crippen molar-refractivity contribution in [3.05, 3.63) is 76.4 Å². The van der Waals surface area contributed by atoms with Crippen LogP contribution in [0.5, 0.6) is 0 Å². The number of benzene rings is 1. The van der Waals surface area contributed by atoms with Crippen molar-refractivity contribution < 1.29 is 13.5 Å². The predicted octanol–water partition coefficient (Wildman–Crippen LogP) is 6.50. The van der Waals surface area contributed by atoms with Gasteiger partial charge in [-0.25, -0.2) is 8.42 Å². The first kappa shape index (κ1) is 25.4. The zero-order valence-electron chi connectivity index (χ0n) is 19.9. The highest BCUT2D eigenvalue weighted by Gasteiger charge is 2.28. The van der Waals surface area contributed by atoms with E-state index in [9.17, 15) is 13.5 Å². The van der Waals surface area contributed by atoms with Crippen molar-refractivity contribution in [1.29, 1.82) is 0 Å². The average molecular weight is 443 g/mol. The van der Waals surface area contributed by atoms with E-state index in [-0.39, 0.29) is 12.0 Å². The van der Waals surface area contributed by atoms with E-state index in [1.807, 2.05) is 32.1 Å². The standard InChI is InChI=1S/C27H38O3S/c1-20-9-13-24(14-10-20)31(29,30)26(23(4)17-19-28)16-12-21(2)11-15-25-22(3)8-7-18-27(25,5)6/h9-15,17,26,28H,7-8,16,18-19H2,1-6H3/b15-11+,21-12+,23-17+. The molecule has 170 valence electrons. The van der Waals surface area contributed by atoms with E-state index >= 15 is 0 Å². The SMILES string of the molecule is CC1=C(/C=C/C(C)=C/CC(/C(C)=C/CO)S(=O)(=O)c2ccc(C)cc2)C(C)(C)CCC1. The summed E-state index contributed by atoms with van der Waals surface area (Å²) in [4.78, 5) is 0.320. The molecule has 1 N–H and O–H groups in total. The van der Waals surface area contributed by atoms with Crippen LogP contribution in [0.15, 0.2) is 75.8 Å². The van der Waals surface area contributed by atoms with Crippen molar-refractivity contribution in [2.45, 2.75) is 77.4 Å². The van der Waals surface area contributed by atoms with Crippen LogP contribution in [0.3, 0.4) is 0 Å². The van der Waals surface area contributed by atoms with Crippen LogP contribution in [0.1, 0.15) is 65.9 Å². The van der Waals surface area contributed by atoms with Crippen LogP contribution in [0.25, 0.3) is 0 Å². The summed E-state index contributed by atoms with van der Waals surface area (Å²) in [5, 5.41) is 8.64. The first-order valence-corrected chi connectivity index (χ1v) is 12.7. The molecule has 1 aromatic rings. The Labute approximate surface area is 189 Å². The lowest BCUT2D eigenvalue weighted by molar-refractivity contribution is 0.341. The second kappa shape index (κ2) is 10.6.